The number of para-hydroxylation sites is 1. The second-order valence-electron chi connectivity index (χ2n) is 10.2. The highest BCUT2D eigenvalue weighted by atomic mass is 16.2. The zero-order valence-electron chi connectivity index (χ0n) is 23.1. The van der Waals surface area contributed by atoms with Gasteiger partial charge < -0.3 is 10.2 Å². The molecule has 0 aliphatic carbocycles. The number of rotatable bonds is 9. The van der Waals surface area contributed by atoms with Crippen molar-refractivity contribution in [1.29, 1.82) is 0 Å². The van der Waals surface area contributed by atoms with E-state index in [1.165, 1.54) is 5.56 Å². The van der Waals surface area contributed by atoms with E-state index in [4.69, 9.17) is 4.98 Å². The number of benzene rings is 3. The second-order valence-corrected chi connectivity index (χ2v) is 10.2. The first-order valence-corrected chi connectivity index (χ1v) is 13.6. The summed E-state index contributed by atoms with van der Waals surface area (Å²) in [6.45, 7) is 11.0. The Hall–Kier alpha value is -3.93. The van der Waals surface area contributed by atoms with Gasteiger partial charge in [0.05, 0.1) is 22.6 Å². The lowest BCUT2D eigenvalue weighted by Gasteiger charge is -2.31. The highest BCUT2D eigenvalue weighted by Gasteiger charge is 2.27. The van der Waals surface area contributed by atoms with Crippen LogP contribution in [0.3, 0.4) is 0 Å². The highest BCUT2D eigenvalue weighted by Crippen LogP contribution is 2.25. The van der Waals surface area contributed by atoms with E-state index in [1.807, 2.05) is 80.6 Å². The summed E-state index contributed by atoms with van der Waals surface area (Å²) in [5.41, 5.74) is 4.29. The van der Waals surface area contributed by atoms with Crippen LogP contribution in [-0.4, -0.2) is 27.0 Å². The van der Waals surface area contributed by atoms with Crippen LogP contribution in [-0.2, 0) is 0 Å². The van der Waals surface area contributed by atoms with Gasteiger partial charge in [0.25, 0.3) is 5.56 Å². The summed E-state index contributed by atoms with van der Waals surface area (Å²) in [7, 11) is 0. The average molecular weight is 511 g/mol. The van der Waals surface area contributed by atoms with E-state index in [1.54, 1.807) is 15.5 Å². The largest absolute Gasteiger partial charge is 0.322 e. The molecular formula is C32H38N4O2. The first-order valence-electron chi connectivity index (χ1n) is 13.6. The van der Waals surface area contributed by atoms with Crippen molar-refractivity contribution in [3.05, 3.63) is 100 Å². The maximum atomic E-state index is 13.8. The van der Waals surface area contributed by atoms with Gasteiger partial charge in [-0.15, -0.1) is 0 Å². The molecule has 4 aromatic rings. The van der Waals surface area contributed by atoms with E-state index in [-0.39, 0.29) is 11.6 Å². The van der Waals surface area contributed by atoms with Gasteiger partial charge in [-0.2, -0.15) is 0 Å². The maximum Gasteiger partial charge on any atom is 0.322 e. The normalized spacial score (nSPS) is 12.1. The minimum absolute atomic E-state index is 0.139. The second kappa shape index (κ2) is 12.1. The van der Waals surface area contributed by atoms with Crippen molar-refractivity contribution < 1.29 is 4.79 Å². The van der Waals surface area contributed by atoms with E-state index < -0.39 is 6.04 Å². The van der Waals surface area contributed by atoms with Crippen LogP contribution in [0.25, 0.3) is 16.6 Å². The lowest BCUT2D eigenvalue weighted by molar-refractivity contribution is 0.187. The van der Waals surface area contributed by atoms with Crippen molar-refractivity contribution in [1.82, 2.24) is 14.5 Å². The topological polar surface area (TPSA) is 67.2 Å². The summed E-state index contributed by atoms with van der Waals surface area (Å²) in [6, 6.07) is 22.5. The number of carbonyl (C=O) groups is 1. The summed E-state index contributed by atoms with van der Waals surface area (Å²) < 4.78 is 1.66. The number of nitrogens with one attached hydrogen (secondary N) is 1. The number of anilines is 1. The van der Waals surface area contributed by atoms with Crippen molar-refractivity contribution in [3.8, 4) is 5.69 Å². The number of amides is 2. The monoisotopic (exact) mass is 510 g/mol. The summed E-state index contributed by atoms with van der Waals surface area (Å²) in [5, 5.41) is 3.63. The minimum atomic E-state index is -0.444. The first-order chi connectivity index (χ1) is 18.3. The number of nitrogens with zero attached hydrogens (tertiary/aromatic N) is 3. The van der Waals surface area contributed by atoms with E-state index in [0.29, 0.717) is 29.2 Å². The van der Waals surface area contributed by atoms with E-state index in [2.05, 4.69) is 26.1 Å². The molecule has 198 valence electrons. The van der Waals surface area contributed by atoms with Crippen LogP contribution >= 0.6 is 0 Å². The van der Waals surface area contributed by atoms with E-state index in [0.717, 1.165) is 36.2 Å². The highest BCUT2D eigenvalue weighted by molar-refractivity contribution is 5.89. The van der Waals surface area contributed by atoms with Crippen molar-refractivity contribution in [2.75, 3.05) is 11.9 Å². The molecule has 4 rings (SSSR count). The van der Waals surface area contributed by atoms with E-state index >= 15 is 0 Å². The average Bonchev–Trinajstić information content (AvgIpc) is 2.91. The summed E-state index contributed by atoms with van der Waals surface area (Å²) >= 11 is 0. The molecule has 1 unspecified atom stereocenters. The fourth-order valence-electron chi connectivity index (χ4n) is 4.66. The Labute approximate surface area is 225 Å². The summed E-state index contributed by atoms with van der Waals surface area (Å²) in [4.78, 5) is 34.2. The lowest BCUT2D eigenvalue weighted by atomic mass is 10.0. The Balaban J connectivity index is 1.76. The number of hydrogen-bond donors (Lipinski definition) is 1. The number of aromatic nitrogens is 2. The Kier molecular flexibility index (Phi) is 8.62. The molecule has 6 heteroatoms. The Morgan fingerprint density at radius 2 is 1.63 bits per heavy atom. The standard InChI is InChI=1S/C32H38N4O2/c1-6-7-10-21-35(32(38)33-26-17-15-25(16-18-26)22(2)3)24(5)30-34-29-12-9-8-11-28(29)31(37)36(30)27-19-13-23(4)14-20-27/h8-9,11-20,22,24H,6-7,10,21H2,1-5H3,(H,33,38). The third kappa shape index (κ3) is 5.96. The van der Waals surface area contributed by atoms with Gasteiger partial charge in [-0.3, -0.25) is 9.36 Å². The molecule has 1 aromatic heterocycles. The molecule has 0 saturated heterocycles. The minimum Gasteiger partial charge on any atom is -0.315 e. The molecule has 2 amide bonds. The Bertz CT molecular complexity index is 1440. The number of hydrogen-bond acceptors (Lipinski definition) is 3. The fraction of sp³-hybridized carbons (Fsp3) is 0.344. The number of aryl methyl sites for hydroxylation is 1. The molecule has 1 N–H and O–H groups in total. The van der Waals surface area contributed by atoms with E-state index in [9.17, 15) is 9.59 Å². The molecule has 0 aliphatic heterocycles. The smallest absolute Gasteiger partial charge is 0.315 e. The van der Waals surface area contributed by atoms with Crippen LogP contribution in [0, 0.1) is 6.92 Å². The van der Waals surface area contributed by atoms with Crippen LogP contribution < -0.4 is 10.9 Å². The van der Waals surface area contributed by atoms with Gasteiger partial charge >= 0.3 is 6.03 Å². The summed E-state index contributed by atoms with van der Waals surface area (Å²) in [5.74, 6) is 0.960. The Morgan fingerprint density at radius 1 is 0.947 bits per heavy atom. The molecule has 1 atom stereocenters. The fourth-order valence-corrected chi connectivity index (χ4v) is 4.66. The predicted molar refractivity (Wildman–Crippen MR) is 156 cm³/mol. The zero-order chi connectivity index (χ0) is 27.2. The quantitative estimate of drug-likeness (QED) is 0.236. The molecule has 0 bridgehead atoms. The van der Waals surface area contributed by atoms with Crippen molar-refractivity contribution in [2.24, 2.45) is 0 Å². The lowest BCUT2D eigenvalue weighted by Crippen LogP contribution is -2.40. The third-order valence-electron chi connectivity index (χ3n) is 7.03. The number of carbonyl (C=O) groups excluding carboxylic acids is 1. The van der Waals surface area contributed by atoms with Gasteiger partial charge in [-0.05, 0) is 68.1 Å². The first kappa shape index (κ1) is 27.1. The van der Waals surface area contributed by atoms with Gasteiger partial charge in [0.2, 0.25) is 0 Å². The van der Waals surface area contributed by atoms with Gasteiger partial charge in [0, 0.05) is 12.2 Å². The van der Waals surface area contributed by atoms with Gasteiger partial charge in [0.15, 0.2) is 0 Å². The molecule has 0 fully saturated rings. The number of unbranched alkanes of at least 4 members (excludes halogenated alkanes) is 2. The molecule has 1 heterocycles. The SMILES string of the molecule is CCCCCN(C(=O)Nc1ccc(C(C)C)cc1)C(C)c1nc2ccccc2c(=O)n1-c1ccc(C)cc1. The van der Waals surface area contributed by atoms with Crippen LogP contribution in [0.4, 0.5) is 10.5 Å². The molecule has 0 saturated carbocycles. The third-order valence-corrected chi connectivity index (χ3v) is 7.03. The molecule has 6 nitrogen and oxygen atoms in total. The van der Waals surface area contributed by atoms with Crippen LogP contribution in [0.5, 0.6) is 0 Å². The summed E-state index contributed by atoms with van der Waals surface area (Å²) in [6.07, 6.45) is 2.92. The molecule has 38 heavy (non-hydrogen) atoms. The molecule has 0 aliphatic rings. The molecular weight excluding hydrogens is 472 g/mol. The Morgan fingerprint density at radius 3 is 2.29 bits per heavy atom. The number of urea groups is 1. The van der Waals surface area contributed by atoms with Gasteiger partial charge in [-0.1, -0.05) is 75.6 Å². The molecule has 0 spiro atoms. The molecule has 0 radical (unpaired) electrons. The zero-order valence-corrected chi connectivity index (χ0v) is 23.1. The van der Waals surface area contributed by atoms with Crippen molar-refractivity contribution in [3.63, 3.8) is 0 Å². The van der Waals surface area contributed by atoms with Crippen LogP contribution in [0.1, 0.15) is 75.9 Å². The van der Waals surface area contributed by atoms with Crippen molar-refractivity contribution in [2.45, 2.75) is 65.8 Å². The van der Waals surface area contributed by atoms with Crippen molar-refractivity contribution >= 4 is 22.6 Å². The van der Waals surface area contributed by atoms with Gasteiger partial charge in [-0.25, -0.2) is 9.78 Å². The van der Waals surface area contributed by atoms with Crippen LogP contribution in [0.15, 0.2) is 77.6 Å². The predicted octanol–water partition coefficient (Wildman–Crippen LogP) is 7.60. The molecule has 3 aromatic carbocycles. The van der Waals surface area contributed by atoms with Gasteiger partial charge in [0.1, 0.15) is 5.82 Å². The van der Waals surface area contributed by atoms with Crippen LogP contribution in [0.2, 0.25) is 0 Å². The maximum absolute atomic E-state index is 13.8. The number of fused-ring (bicyclic) bond motifs is 1.